The molecule has 1 N–H and O–H groups in total. The molecule has 0 unspecified atom stereocenters. The van der Waals surface area contributed by atoms with Crippen molar-refractivity contribution >= 4 is 17.7 Å². The topological polar surface area (TPSA) is 71.4 Å². The van der Waals surface area contributed by atoms with Crippen molar-refractivity contribution in [1.29, 1.82) is 0 Å². The van der Waals surface area contributed by atoms with E-state index in [0.29, 0.717) is 18.5 Å². The molecule has 0 aliphatic carbocycles. The van der Waals surface area contributed by atoms with Crippen LogP contribution in [-0.2, 0) is 11.3 Å². The van der Waals surface area contributed by atoms with Gasteiger partial charge in [-0.2, -0.15) is 0 Å². The minimum absolute atomic E-state index is 0.234. The molecule has 1 fully saturated rings. The summed E-state index contributed by atoms with van der Waals surface area (Å²) in [7, 11) is 0. The highest BCUT2D eigenvalue weighted by molar-refractivity contribution is 6.11. The maximum atomic E-state index is 12.6. The molecule has 0 radical (unpaired) electrons. The van der Waals surface area contributed by atoms with Crippen LogP contribution in [-0.4, -0.2) is 39.3 Å². The Balaban J connectivity index is 2.21. The molecule has 1 aliphatic heterocycles. The first-order valence-electron chi connectivity index (χ1n) is 8.20. The number of urea groups is 1. The molecule has 1 aromatic rings. The van der Waals surface area contributed by atoms with Crippen molar-refractivity contribution in [2.75, 3.05) is 6.54 Å². The van der Waals surface area contributed by atoms with Crippen LogP contribution in [0.2, 0.25) is 0 Å². The number of carbonyl (C=O) groups excluding carboxylic acids is 3. The number of amides is 3. The number of nitrogens with zero attached hydrogens (tertiary/aromatic N) is 2. The molecule has 6 heteroatoms. The first kappa shape index (κ1) is 18.0. The number of imide groups is 1. The van der Waals surface area contributed by atoms with Crippen molar-refractivity contribution < 1.29 is 14.4 Å². The van der Waals surface area contributed by atoms with Crippen LogP contribution in [0.4, 0.5) is 4.79 Å². The number of Topliss-reactive ketones (excluding diaryl/α,β-unsaturated/α-hetero) is 1. The molecular weight excluding hydrogens is 306 g/mol. The Kier molecular flexibility index (Phi) is 4.96. The van der Waals surface area contributed by atoms with E-state index in [0.717, 1.165) is 22.7 Å². The van der Waals surface area contributed by atoms with Crippen LogP contribution in [0.1, 0.15) is 48.4 Å². The normalized spacial score (nSPS) is 20.4. The Labute approximate surface area is 142 Å². The molecular formula is C18H25N3O3. The zero-order valence-electron chi connectivity index (χ0n) is 14.8. The Hall–Kier alpha value is -2.37. The van der Waals surface area contributed by atoms with Crippen LogP contribution < -0.4 is 5.32 Å². The van der Waals surface area contributed by atoms with Crippen LogP contribution in [0.3, 0.4) is 0 Å². The van der Waals surface area contributed by atoms with Gasteiger partial charge in [0.05, 0.1) is 6.54 Å². The largest absolute Gasteiger partial charge is 0.345 e. The predicted molar refractivity (Wildman–Crippen MR) is 92.0 cm³/mol. The molecule has 2 heterocycles. The Morgan fingerprint density at radius 1 is 1.38 bits per heavy atom. The molecule has 2 rings (SSSR count). The minimum Gasteiger partial charge on any atom is -0.345 e. The van der Waals surface area contributed by atoms with Crippen molar-refractivity contribution in [1.82, 2.24) is 14.8 Å². The molecule has 0 bridgehead atoms. The molecule has 0 saturated carbocycles. The fourth-order valence-electron chi connectivity index (χ4n) is 3.28. The average Bonchev–Trinajstić information content (AvgIpc) is 2.90. The summed E-state index contributed by atoms with van der Waals surface area (Å²) in [4.78, 5) is 38.3. The van der Waals surface area contributed by atoms with Crippen LogP contribution in [0, 0.1) is 13.8 Å². The van der Waals surface area contributed by atoms with Gasteiger partial charge in [0.2, 0.25) is 0 Å². The van der Waals surface area contributed by atoms with Crippen LogP contribution in [0.5, 0.6) is 0 Å². The summed E-state index contributed by atoms with van der Waals surface area (Å²) in [5.74, 6) is -0.565. The van der Waals surface area contributed by atoms with Crippen molar-refractivity contribution in [3.63, 3.8) is 0 Å². The average molecular weight is 331 g/mol. The molecule has 3 amide bonds. The molecule has 0 aromatic carbocycles. The van der Waals surface area contributed by atoms with E-state index in [-0.39, 0.29) is 18.2 Å². The molecule has 130 valence electrons. The van der Waals surface area contributed by atoms with Crippen molar-refractivity contribution in [3.05, 3.63) is 35.7 Å². The lowest BCUT2D eigenvalue weighted by Gasteiger charge is -2.20. The molecule has 1 aliphatic rings. The maximum Gasteiger partial charge on any atom is 0.325 e. The number of ketones is 1. The number of hydrogen-bond acceptors (Lipinski definition) is 3. The third kappa shape index (κ3) is 3.00. The lowest BCUT2D eigenvalue weighted by Crippen LogP contribution is -2.44. The number of hydrogen-bond donors (Lipinski definition) is 1. The molecule has 6 nitrogen and oxygen atoms in total. The van der Waals surface area contributed by atoms with E-state index in [1.54, 1.807) is 19.1 Å². The van der Waals surface area contributed by atoms with Crippen molar-refractivity contribution in [2.24, 2.45) is 0 Å². The summed E-state index contributed by atoms with van der Waals surface area (Å²) >= 11 is 0. The first-order valence-corrected chi connectivity index (χ1v) is 8.20. The summed E-state index contributed by atoms with van der Waals surface area (Å²) in [5.41, 5.74) is 1.40. The summed E-state index contributed by atoms with van der Waals surface area (Å²) in [6.45, 7) is 11.5. The summed E-state index contributed by atoms with van der Waals surface area (Å²) in [6, 6.07) is 1.30. The highest BCUT2D eigenvalue weighted by Gasteiger charge is 2.47. The molecule has 1 aromatic heterocycles. The van der Waals surface area contributed by atoms with Gasteiger partial charge in [-0.3, -0.25) is 14.5 Å². The third-order valence-corrected chi connectivity index (χ3v) is 4.58. The van der Waals surface area contributed by atoms with E-state index in [1.165, 1.54) is 0 Å². The van der Waals surface area contributed by atoms with E-state index in [9.17, 15) is 14.4 Å². The van der Waals surface area contributed by atoms with E-state index in [1.807, 2.05) is 25.3 Å². The standard InChI is InChI=1S/C18H25N3O3/c1-6-8-18(5)16(23)21(17(24)19-18)11-15(22)14-10-12(3)20(9-7-2)13(14)4/h7,10H,2,6,8-9,11H2,1,3-5H3,(H,19,24)/t18-/m1/s1. The quantitative estimate of drug-likeness (QED) is 0.474. The smallest absolute Gasteiger partial charge is 0.325 e. The van der Waals surface area contributed by atoms with Crippen molar-refractivity contribution in [2.45, 2.75) is 52.6 Å². The first-order chi connectivity index (χ1) is 11.2. The van der Waals surface area contributed by atoms with Crippen LogP contribution in [0.15, 0.2) is 18.7 Å². The summed E-state index contributed by atoms with van der Waals surface area (Å²) in [5, 5.41) is 2.71. The van der Waals surface area contributed by atoms with Gasteiger partial charge in [0.25, 0.3) is 5.91 Å². The van der Waals surface area contributed by atoms with Crippen LogP contribution >= 0.6 is 0 Å². The molecule has 1 atom stereocenters. The number of aromatic nitrogens is 1. The highest BCUT2D eigenvalue weighted by Crippen LogP contribution is 2.23. The van der Waals surface area contributed by atoms with Gasteiger partial charge >= 0.3 is 6.03 Å². The minimum atomic E-state index is -0.911. The maximum absolute atomic E-state index is 12.6. The second-order valence-corrected chi connectivity index (χ2v) is 6.51. The summed E-state index contributed by atoms with van der Waals surface area (Å²) < 4.78 is 1.98. The van der Waals surface area contributed by atoms with E-state index >= 15 is 0 Å². The monoisotopic (exact) mass is 331 g/mol. The third-order valence-electron chi connectivity index (χ3n) is 4.58. The lowest BCUT2D eigenvalue weighted by molar-refractivity contribution is -0.130. The van der Waals surface area contributed by atoms with E-state index < -0.39 is 11.6 Å². The Morgan fingerprint density at radius 2 is 2.04 bits per heavy atom. The summed E-state index contributed by atoms with van der Waals surface area (Å²) in [6.07, 6.45) is 3.09. The molecule has 0 spiro atoms. The fourth-order valence-corrected chi connectivity index (χ4v) is 3.28. The predicted octanol–water partition coefficient (Wildman–Crippen LogP) is 2.58. The number of carbonyl (C=O) groups is 3. The second-order valence-electron chi connectivity index (χ2n) is 6.51. The zero-order chi connectivity index (χ0) is 18.1. The second kappa shape index (κ2) is 6.63. The molecule has 1 saturated heterocycles. The number of allylic oxidation sites excluding steroid dienone is 1. The number of rotatable bonds is 7. The highest BCUT2D eigenvalue weighted by atomic mass is 16.2. The van der Waals surface area contributed by atoms with Gasteiger partial charge in [-0.05, 0) is 33.3 Å². The van der Waals surface area contributed by atoms with Crippen LogP contribution in [0.25, 0.3) is 0 Å². The zero-order valence-corrected chi connectivity index (χ0v) is 14.8. The number of aryl methyl sites for hydroxylation is 1. The lowest BCUT2D eigenvalue weighted by atomic mass is 9.96. The van der Waals surface area contributed by atoms with Gasteiger partial charge in [0.15, 0.2) is 5.78 Å². The van der Waals surface area contributed by atoms with Gasteiger partial charge in [-0.15, -0.1) is 6.58 Å². The van der Waals surface area contributed by atoms with E-state index in [4.69, 9.17) is 0 Å². The SMILES string of the molecule is C=CCn1c(C)cc(C(=O)CN2C(=O)N[C@](C)(CCC)C2=O)c1C. The van der Waals surface area contributed by atoms with Gasteiger partial charge in [-0.25, -0.2) is 4.79 Å². The van der Waals surface area contributed by atoms with Gasteiger partial charge in [-0.1, -0.05) is 19.4 Å². The Morgan fingerprint density at radius 3 is 2.62 bits per heavy atom. The van der Waals surface area contributed by atoms with Gasteiger partial charge < -0.3 is 9.88 Å². The fraction of sp³-hybridized carbons (Fsp3) is 0.500. The van der Waals surface area contributed by atoms with Crippen molar-refractivity contribution in [3.8, 4) is 0 Å². The van der Waals surface area contributed by atoms with Gasteiger partial charge in [0, 0.05) is 23.5 Å². The molecule has 24 heavy (non-hydrogen) atoms. The van der Waals surface area contributed by atoms with E-state index in [2.05, 4.69) is 11.9 Å². The van der Waals surface area contributed by atoms with Gasteiger partial charge in [0.1, 0.15) is 5.54 Å². The Bertz CT molecular complexity index is 705. The number of nitrogens with one attached hydrogen (secondary N) is 1.